The van der Waals surface area contributed by atoms with E-state index in [2.05, 4.69) is 32.3 Å². The standard InChI is InChI=1S/C12H8BrN3/c13-11-4-1-5-12(10(11)7-14)16-9-3-2-6-15-8-9/h1-6,8,16H. The molecule has 0 aliphatic heterocycles. The molecule has 78 valence electrons. The Morgan fingerprint density at radius 2 is 2.12 bits per heavy atom. The molecule has 1 aromatic carbocycles. The normalized spacial score (nSPS) is 9.50. The fourth-order valence-corrected chi connectivity index (χ4v) is 1.79. The zero-order chi connectivity index (χ0) is 11.4. The van der Waals surface area contributed by atoms with E-state index in [1.165, 1.54) is 0 Å². The zero-order valence-electron chi connectivity index (χ0n) is 8.31. The van der Waals surface area contributed by atoms with E-state index in [0.29, 0.717) is 5.56 Å². The Morgan fingerprint density at radius 1 is 1.25 bits per heavy atom. The van der Waals surface area contributed by atoms with E-state index in [9.17, 15) is 0 Å². The number of aromatic nitrogens is 1. The van der Waals surface area contributed by atoms with Crippen LogP contribution in [0.2, 0.25) is 0 Å². The molecule has 3 nitrogen and oxygen atoms in total. The lowest BCUT2D eigenvalue weighted by Gasteiger charge is -2.08. The van der Waals surface area contributed by atoms with E-state index in [4.69, 9.17) is 5.26 Å². The van der Waals surface area contributed by atoms with Crippen LogP contribution < -0.4 is 5.32 Å². The van der Waals surface area contributed by atoms with Crippen LogP contribution in [0.5, 0.6) is 0 Å². The summed E-state index contributed by atoms with van der Waals surface area (Å²) in [6.07, 6.45) is 3.42. The third-order valence-corrected chi connectivity index (χ3v) is 2.73. The number of rotatable bonds is 2. The molecule has 1 N–H and O–H groups in total. The molecule has 0 aliphatic rings. The van der Waals surface area contributed by atoms with Crippen LogP contribution in [0.3, 0.4) is 0 Å². The first-order chi connectivity index (χ1) is 7.81. The van der Waals surface area contributed by atoms with Gasteiger partial charge in [-0.15, -0.1) is 0 Å². The van der Waals surface area contributed by atoms with Gasteiger partial charge in [-0.3, -0.25) is 4.98 Å². The lowest BCUT2D eigenvalue weighted by Crippen LogP contribution is -1.94. The van der Waals surface area contributed by atoms with Gasteiger partial charge in [0.25, 0.3) is 0 Å². The summed E-state index contributed by atoms with van der Waals surface area (Å²) in [6, 6.07) is 11.5. The Balaban J connectivity index is 2.36. The molecule has 2 aromatic rings. The molecular weight excluding hydrogens is 266 g/mol. The summed E-state index contributed by atoms with van der Waals surface area (Å²) in [6.45, 7) is 0. The highest BCUT2D eigenvalue weighted by molar-refractivity contribution is 9.10. The number of halogens is 1. The maximum absolute atomic E-state index is 9.04. The van der Waals surface area contributed by atoms with Crippen LogP contribution >= 0.6 is 15.9 Å². The van der Waals surface area contributed by atoms with Crippen molar-refractivity contribution in [3.05, 3.63) is 52.8 Å². The molecule has 0 bridgehead atoms. The first-order valence-electron chi connectivity index (χ1n) is 4.67. The third kappa shape index (κ3) is 2.20. The first kappa shape index (κ1) is 10.7. The summed E-state index contributed by atoms with van der Waals surface area (Å²) in [4.78, 5) is 4.00. The molecule has 16 heavy (non-hydrogen) atoms. The Labute approximate surface area is 102 Å². The molecule has 1 aromatic heterocycles. The highest BCUT2D eigenvalue weighted by atomic mass is 79.9. The monoisotopic (exact) mass is 273 g/mol. The number of nitrogens with zero attached hydrogens (tertiary/aromatic N) is 2. The van der Waals surface area contributed by atoms with Crippen molar-refractivity contribution in [1.29, 1.82) is 5.26 Å². The number of pyridine rings is 1. The van der Waals surface area contributed by atoms with Gasteiger partial charge in [-0.2, -0.15) is 5.26 Å². The maximum Gasteiger partial charge on any atom is 0.103 e. The molecule has 0 unspecified atom stereocenters. The van der Waals surface area contributed by atoms with E-state index in [1.54, 1.807) is 12.4 Å². The number of benzene rings is 1. The SMILES string of the molecule is N#Cc1c(Br)cccc1Nc1cccnc1. The number of hydrogen-bond acceptors (Lipinski definition) is 3. The van der Waals surface area contributed by atoms with E-state index in [-0.39, 0.29) is 0 Å². The van der Waals surface area contributed by atoms with Crippen molar-refractivity contribution in [3.8, 4) is 6.07 Å². The summed E-state index contributed by atoms with van der Waals surface area (Å²) in [5.41, 5.74) is 2.22. The summed E-state index contributed by atoms with van der Waals surface area (Å²) < 4.78 is 0.781. The van der Waals surface area contributed by atoms with E-state index < -0.39 is 0 Å². The summed E-state index contributed by atoms with van der Waals surface area (Å²) in [5, 5.41) is 12.2. The van der Waals surface area contributed by atoms with Crippen molar-refractivity contribution in [2.24, 2.45) is 0 Å². The molecule has 0 atom stereocenters. The van der Waals surface area contributed by atoms with Gasteiger partial charge >= 0.3 is 0 Å². The smallest absolute Gasteiger partial charge is 0.103 e. The summed E-state index contributed by atoms with van der Waals surface area (Å²) in [5.74, 6) is 0. The topological polar surface area (TPSA) is 48.7 Å². The second-order valence-corrected chi connectivity index (χ2v) is 4.00. The van der Waals surface area contributed by atoms with E-state index in [1.807, 2.05) is 30.3 Å². The highest BCUT2D eigenvalue weighted by Gasteiger charge is 2.05. The molecule has 0 aliphatic carbocycles. The Bertz CT molecular complexity index is 532. The van der Waals surface area contributed by atoms with Crippen LogP contribution in [-0.4, -0.2) is 4.98 Å². The van der Waals surface area contributed by atoms with Gasteiger partial charge in [0.15, 0.2) is 0 Å². The molecule has 4 heteroatoms. The average Bonchev–Trinajstić information content (AvgIpc) is 2.31. The quantitative estimate of drug-likeness (QED) is 0.912. The van der Waals surface area contributed by atoms with Crippen LogP contribution in [0.15, 0.2) is 47.2 Å². The van der Waals surface area contributed by atoms with Gasteiger partial charge in [0.2, 0.25) is 0 Å². The first-order valence-corrected chi connectivity index (χ1v) is 5.46. The lowest BCUT2D eigenvalue weighted by atomic mass is 10.2. The van der Waals surface area contributed by atoms with Crippen molar-refractivity contribution < 1.29 is 0 Å². The fraction of sp³-hybridized carbons (Fsp3) is 0. The lowest BCUT2D eigenvalue weighted by molar-refractivity contribution is 1.32. The van der Waals surface area contributed by atoms with E-state index in [0.717, 1.165) is 15.8 Å². The van der Waals surface area contributed by atoms with Crippen molar-refractivity contribution >= 4 is 27.3 Å². The van der Waals surface area contributed by atoms with Crippen LogP contribution in [0, 0.1) is 11.3 Å². The van der Waals surface area contributed by atoms with Crippen LogP contribution in [-0.2, 0) is 0 Å². The largest absolute Gasteiger partial charge is 0.353 e. The predicted molar refractivity (Wildman–Crippen MR) is 66.4 cm³/mol. The minimum absolute atomic E-state index is 0.589. The third-order valence-electron chi connectivity index (χ3n) is 2.07. The summed E-state index contributed by atoms with van der Waals surface area (Å²) >= 11 is 3.34. The Hall–Kier alpha value is -1.86. The highest BCUT2D eigenvalue weighted by Crippen LogP contribution is 2.26. The Morgan fingerprint density at radius 3 is 2.81 bits per heavy atom. The number of hydrogen-bond donors (Lipinski definition) is 1. The van der Waals surface area contributed by atoms with Gasteiger partial charge in [0.1, 0.15) is 6.07 Å². The van der Waals surface area contributed by atoms with Gasteiger partial charge in [-0.1, -0.05) is 6.07 Å². The molecule has 0 saturated heterocycles. The molecule has 0 radical (unpaired) electrons. The average molecular weight is 274 g/mol. The van der Waals surface area contributed by atoms with Gasteiger partial charge < -0.3 is 5.32 Å². The molecule has 0 fully saturated rings. The molecule has 1 heterocycles. The van der Waals surface area contributed by atoms with Crippen LogP contribution in [0.1, 0.15) is 5.56 Å². The minimum atomic E-state index is 0.589. The number of nitrogens with one attached hydrogen (secondary N) is 1. The van der Waals surface area contributed by atoms with Gasteiger partial charge in [-0.25, -0.2) is 0 Å². The molecule has 0 amide bonds. The zero-order valence-corrected chi connectivity index (χ0v) is 9.90. The minimum Gasteiger partial charge on any atom is -0.353 e. The van der Waals surface area contributed by atoms with Crippen molar-refractivity contribution in [2.45, 2.75) is 0 Å². The second-order valence-electron chi connectivity index (χ2n) is 3.14. The molecular formula is C12H8BrN3. The van der Waals surface area contributed by atoms with Crippen molar-refractivity contribution in [3.63, 3.8) is 0 Å². The number of nitriles is 1. The van der Waals surface area contributed by atoms with Crippen LogP contribution in [0.25, 0.3) is 0 Å². The Kier molecular flexibility index (Phi) is 3.18. The number of anilines is 2. The van der Waals surface area contributed by atoms with Crippen molar-refractivity contribution in [1.82, 2.24) is 4.98 Å². The van der Waals surface area contributed by atoms with Gasteiger partial charge in [0, 0.05) is 10.7 Å². The van der Waals surface area contributed by atoms with Gasteiger partial charge in [-0.05, 0) is 40.2 Å². The van der Waals surface area contributed by atoms with Crippen molar-refractivity contribution in [2.75, 3.05) is 5.32 Å². The fourth-order valence-electron chi connectivity index (χ4n) is 1.33. The van der Waals surface area contributed by atoms with Crippen LogP contribution in [0.4, 0.5) is 11.4 Å². The summed E-state index contributed by atoms with van der Waals surface area (Å²) in [7, 11) is 0. The molecule has 2 rings (SSSR count). The molecule has 0 saturated carbocycles. The predicted octanol–water partition coefficient (Wildman–Crippen LogP) is 3.46. The maximum atomic E-state index is 9.04. The second kappa shape index (κ2) is 4.77. The van der Waals surface area contributed by atoms with E-state index >= 15 is 0 Å². The van der Waals surface area contributed by atoms with Gasteiger partial charge in [0.05, 0.1) is 23.1 Å². The molecule has 0 spiro atoms.